The lowest BCUT2D eigenvalue weighted by Crippen LogP contribution is -2.50. The third-order valence-corrected chi connectivity index (χ3v) is 7.53. The molecule has 1 saturated heterocycles. The first-order chi connectivity index (χ1) is 8.05. The van der Waals surface area contributed by atoms with Gasteiger partial charge in [0.1, 0.15) is 0 Å². The van der Waals surface area contributed by atoms with Gasteiger partial charge in [0, 0.05) is 24.1 Å². The van der Waals surface area contributed by atoms with Crippen LogP contribution in [-0.2, 0) is 9.13 Å². The Labute approximate surface area is 110 Å². The molecule has 7 nitrogen and oxygen atoms in total. The molecule has 18 heavy (non-hydrogen) atoms. The van der Waals surface area contributed by atoms with Crippen LogP contribution in [0.3, 0.4) is 0 Å². The van der Waals surface area contributed by atoms with Crippen LogP contribution in [0.25, 0.3) is 0 Å². The normalized spacial score (nSPS) is 23.9. The summed E-state index contributed by atoms with van der Waals surface area (Å²) in [6.07, 6.45) is 0. The quantitative estimate of drug-likeness (QED) is 0.559. The summed E-state index contributed by atoms with van der Waals surface area (Å²) in [5.41, 5.74) is -2.02. The Morgan fingerprint density at radius 1 is 1.17 bits per heavy atom. The van der Waals surface area contributed by atoms with Crippen molar-refractivity contribution < 1.29 is 28.7 Å². The maximum atomic E-state index is 11.4. The lowest BCUT2D eigenvalue weighted by Gasteiger charge is -2.42. The number of rotatable bonds is 4. The summed E-state index contributed by atoms with van der Waals surface area (Å²) < 4.78 is 22.8. The van der Waals surface area contributed by atoms with E-state index in [4.69, 9.17) is 0 Å². The third kappa shape index (κ3) is 4.05. The van der Waals surface area contributed by atoms with E-state index in [0.29, 0.717) is 11.5 Å². The van der Waals surface area contributed by atoms with Crippen LogP contribution < -0.4 is 0 Å². The smallest absolute Gasteiger partial charge is 0.323 e. The first kappa shape index (κ1) is 16.7. The highest BCUT2D eigenvalue weighted by atomic mass is 32.2. The first-order valence-electron chi connectivity index (χ1n) is 5.49. The average Bonchev–Trinajstić information content (AvgIpc) is 2.13. The molecule has 0 aromatic carbocycles. The van der Waals surface area contributed by atoms with Gasteiger partial charge in [0.25, 0.3) is 0 Å². The predicted octanol–water partition coefficient (Wildman–Crippen LogP) is 0.699. The Bertz CT molecular complexity index is 358. The molecule has 0 saturated carbocycles. The standard InChI is InChI=1S/C8H19NO6P2S/c1-6(2)7-5-18-4-3-9(7)8(16(10,11)12)17(13,14)15/h6-8H,3-5H2,1-2H3,(H2,10,11,12)(H2,13,14,15). The molecule has 0 aromatic heterocycles. The molecule has 0 amide bonds. The van der Waals surface area contributed by atoms with E-state index < -0.39 is 20.7 Å². The van der Waals surface area contributed by atoms with Gasteiger partial charge in [-0.3, -0.25) is 14.0 Å². The van der Waals surface area contributed by atoms with Crippen LogP contribution in [0.5, 0.6) is 0 Å². The van der Waals surface area contributed by atoms with Crippen molar-refractivity contribution in [2.45, 2.75) is 25.4 Å². The van der Waals surface area contributed by atoms with Crippen molar-refractivity contribution in [1.29, 1.82) is 0 Å². The molecule has 1 fully saturated rings. The number of hydrogen-bond donors (Lipinski definition) is 4. The van der Waals surface area contributed by atoms with Gasteiger partial charge in [-0.2, -0.15) is 11.8 Å². The minimum atomic E-state index is -4.89. The second-order valence-electron chi connectivity index (χ2n) is 4.65. The van der Waals surface area contributed by atoms with Gasteiger partial charge in [0.15, 0.2) is 0 Å². The zero-order chi connectivity index (χ0) is 14.1. The van der Waals surface area contributed by atoms with E-state index >= 15 is 0 Å². The van der Waals surface area contributed by atoms with Gasteiger partial charge >= 0.3 is 15.2 Å². The number of hydrogen-bond acceptors (Lipinski definition) is 4. The summed E-state index contributed by atoms with van der Waals surface area (Å²) >= 11 is 1.63. The van der Waals surface area contributed by atoms with Gasteiger partial charge in [0.05, 0.1) is 0 Å². The van der Waals surface area contributed by atoms with E-state index in [1.807, 2.05) is 13.8 Å². The molecular formula is C8H19NO6P2S. The molecule has 0 radical (unpaired) electrons. The van der Waals surface area contributed by atoms with Gasteiger partial charge in [0.2, 0.25) is 5.52 Å². The molecule has 1 rings (SSSR count). The maximum absolute atomic E-state index is 11.4. The van der Waals surface area contributed by atoms with Crippen molar-refractivity contribution in [3.63, 3.8) is 0 Å². The van der Waals surface area contributed by atoms with Crippen LogP contribution >= 0.6 is 27.0 Å². The molecule has 1 aliphatic rings. The van der Waals surface area contributed by atoms with E-state index in [0.717, 1.165) is 0 Å². The fourth-order valence-electron chi connectivity index (χ4n) is 2.08. The molecule has 1 heterocycles. The Hall–Kier alpha value is 0.610. The largest absolute Gasteiger partial charge is 0.354 e. The fraction of sp³-hybridized carbons (Fsp3) is 1.00. The maximum Gasteiger partial charge on any atom is 0.354 e. The second-order valence-corrected chi connectivity index (χ2v) is 9.54. The van der Waals surface area contributed by atoms with Crippen molar-refractivity contribution in [2.75, 3.05) is 18.1 Å². The summed E-state index contributed by atoms with van der Waals surface area (Å²) in [7, 11) is -9.78. The summed E-state index contributed by atoms with van der Waals surface area (Å²) in [6.45, 7) is 4.02. The molecule has 0 aliphatic carbocycles. The van der Waals surface area contributed by atoms with Crippen molar-refractivity contribution >= 4 is 27.0 Å². The lowest BCUT2D eigenvalue weighted by atomic mass is 10.1. The van der Waals surface area contributed by atoms with Crippen LogP contribution in [0.15, 0.2) is 0 Å². The Balaban J connectivity index is 3.11. The van der Waals surface area contributed by atoms with E-state index in [1.54, 1.807) is 11.8 Å². The van der Waals surface area contributed by atoms with Gasteiger partial charge in [-0.25, -0.2) is 0 Å². The molecule has 0 bridgehead atoms. The number of nitrogens with zero attached hydrogens (tertiary/aromatic N) is 1. The Kier molecular flexibility index (Phi) is 5.49. The zero-order valence-corrected chi connectivity index (χ0v) is 12.8. The highest BCUT2D eigenvalue weighted by molar-refractivity contribution is 7.99. The van der Waals surface area contributed by atoms with Crippen molar-refractivity contribution in [3.8, 4) is 0 Å². The van der Waals surface area contributed by atoms with Crippen molar-refractivity contribution in [2.24, 2.45) is 5.92 Å². The van der Waals surface area contributed by atoms with Crippen LogP contribution in [-0.4, -0.2) is 54.1 Å². The predicted molar refractivity (Wildman–Crippen MR) is 70.5 cm³/mol. The number of thioether (sulfide) groups is 1. The Morgan fingerprint density at radius 2 is 1.67 bits per heavy atom. The molecule has 1 unspecified atom stereocenters. The van der Waals surface area contributed by atoms with Gasteiger partial charge in [-0.1, -0.05) is 13.8 Å². The average molecular weight is 319 g/mol. The monoisotopic (exact) mass is 319 g/mol. The highest BCUT2D eigenvalue weighted by Gasteiger charge is 2.50. The molecule has 108 valence electrons. The van der Waals surface area contributed by atoms with Crippen molar-refractivity contribution in [3.05, 3.63) is 0 Å². The molecular weight excluding hydrogens is 300 g/mol. The molecule has 0 spiro atoms. The molecule has 4 N–H and O–H groups in total. The van der Waals surface area contributed by atoms with E-state index in [1.165, 1.54) is 4.90 Å². The minimum absolute atomic E-state index is 0.0680. The summed E-state index contributed by atoms with van der Waals surface area (Å²) in [4.78, 5) is 38.2. The van der Waals surface area contributed by atoms with Crippen LogP contribution in [0, 0.1) is 5.92 Å². The minimum Gasteiger partial charge on any atom is -0.323 e. The molecule has 1 atom stereocenters. The summed E-state index contributed by atoms with van der Waals surface area (Å²) in [5.74, 6) is 1.30. The lowest BCUT2D eigenvalue weighted by molar-refractivity contribution is 0.156. The van der Waals surface area contributed by atoms with Gasteiger partial charge < -0.3 is 19.6 Å². The van der Waals surface area contributed by atoms with Crippen molar-refractivity contribution in [1.82, 2.24) is 4.90 Å². The first-order valence-corrected chi connectivity index (χ1v) is 10.0. The van der Waals surface area contributed by atoms with E-state index in [2.05, 4.69) is 0 Å². The fourth-order valence-corrected chi connectivity index (χ4v) is 6.32. The SMILES string of the molecule is CC(C)C1CSCCN1C(P(=O)(O)O)P(=O)(O)O. The van der Waals surface area contributed by atoms with Gasteiger partial charge in [-0.05, 0) is 5.92 Å². The summed E-state index contributed by atoms with van der Waals surface area (Å²) in [5, 5.41) is 0. The molecule has 0 aromatic rings. The van der Waals surface area contributed by atoms with Crippen LogP contribution in [0.4, 0.5) is 0 Å². The van der Waals surface area contributed by atoms with Crippen LogP contribution in [0.1, 0.15) is 13.8 Å². The molecule has 10 heteroatoms. The second kappa shape index (κ2) is 5.94. The van der Waals surface area contributed by atoms with E-state index in [-0.39, 0.29) is 18.5 Å². The highest BCUT2D eigenvalue weighted by Crippen LogP contribution is 2.62. The topological polar surface area (TPSA) is 118 Å². The van der Waals surface area contributed by atoms with Crippen LogP contribution in [0.2, 0.25) is 0 Å². The third-order valence-electron chi connectivity index (χ3n) is 2.88. The van der Waals surface area contributed by atoms with Gasteiger partial charge in [-0.15, -0.1) is 0 Å². The Morgan fingerprint density at radius 3 is 2.06 bits per heavy atom. The van der Waals surface area contributed by atoms with E-state index in [9.17, 15) is 28.7 Å². The zero-order valence-electron chi connectivity index (χ0n) is 10.2. The summed E-state index contributed by atoms with van der Waals surface area (Å²) in [6, 6.07) is -0.242. The molecule has 1 aliphatic heterocycles.